The van der Waals surface area contributed by atoms with E-state index in [1.54, 1.807) is 0 Å². The molecule has 0 saturated carbocycles. The van der Waals surface area contributed by atoms with E-state index >= 15 is 0 Å². The zero-order chi connectivity index (χ0) is 4.50. The van der Waals surface area contributed by atoms with Gasteiger partial charge in [0.25, 0.3) is 0 Å². The van der Waals surface area contributed by atoms with Gasteiger partial charge in [-0.15, -0.1) is 0 Å². The van der Waals surface area contributed by atoms with Crippen LogP contribution in [0.1, 0.15) is 0 Å². The first-order valence-corrected chi connectivity index (χ1v) is 3.51. The van der Waals surface area contributed by atoms with E-state index in [1.165, 1.54) is 0 Å². The van der Waals surface area contributed by atoms with Crippen molar-refractivity contribution in [3.05, 3.63) is 0 Å². The molecule has 0 spiro atoms. The van der Waals surface area contributed by atoms with Crippen LogP contribution in [0.15, 0.2) is 0 Å². The summed E-state index contributed by atoms with van der Waals surface area (Å²) in [5, 5.41) is 0. The van der Waals surface area contributed by atoms with Gasteiger partial charge in [0.1, 0.15) is 0 Å². The van der Waals surface area contributed by atoms with Crippen molar-refractivity contribution in [1.29, 1.82) is 0 Å². The molecule has 0 atom stereocenters. The van der Waals surface area contributed by atoms with E-state index < -0.39 is 8.80 Å². The Bertz CT molecular complexity index is 26.3. The minimum Gasteiger partial charge on any atom is -0.390 e. The second-order valence-electron chi connectivity index (χ2n) is 0.971. The Hall–Kier alpha value is 1.10. The average molecular weight is 117 g/mol. The summed E-state index contributed by atoms with van der Waals surface area (Å²) in [4.78, 5) is 23.3. The van der Waals surface area contributed by atoms with Crippen LogP contribution in [0.25, 0.3) is 0 Å². The Balaban J connectivity index is 0. The molecule has 5 heteroatoms. The Morgan fingerprint density at radius 2 is 1.17 bits per heavy atom. The first-order chi connectivity index (χ1) is 2.00. The summed E-state index contributed by atoms with van der Waals surface area (Å²) in [5.41, 5.74) is 0. The van der Waals surface area contributed by atoms with Crippen LogP contribution in [-0.2, 0) is 0 Å². The molecule has 0 rings (SSSR count). The fourth-order valence-electron chi connectivity index (χ4n) is 0. The largest absolute Gasteiger partial charge is 0.489 e. The van der Waals surface area contributed by atoms with Crippen LogP contribution in [0.3, 0.4) is 0 Å². The van der Waals surface area contributed by atoms with Crippen molar-refractivity contribution in [3.8, 4) is 0 Å². The molecule has 0 bridgehead atoms. The Morgan fingerprint density at radius 3 is 1.17 bits per heavy atom. The predicted octanol–water partition coefficient (Wildman–Crippen LogP) is -1.85. The van der Waals surface area contributed by atoms with Crippen LogP contribution in [-0.4, -0.2) is 52.7 Å². The maximum Gasteiger partial charge on any atom is 0.489 e. The third kappa shape index (κ3) is 71.1. The summed E-state index contributed by atoms with van der Waals surface area (Å²) in [6.45, 7) is 0.993. The molecule has 0 aliphatic carbocycles. The third-order valence-electron chi connectivity index (χ3n) is 0. The van der Waals surface area contributed by atoms with Gasteiger partial charge in [-0.25, -0.2) is 0 Å². The SMILES string of the molecule is C[Si](O)(O)O.[Na]. The van der Waals surface area contributed by atoms with E-state index in [1.807, 2.05) is 0 Å². The summed E-state index contributed by atoms with van der Waals surface area (Å²) in [6, 6.07) is 0. The fourth-order valence-corrected chi connectivity index (χ4v) is 0. The van der Waals surface area contributed by atoms with Crippen LogP contribution in [0.5, 0.6) is 0 Å². The topological polar surface area (TPSA) is 60.7 Å². The van der Waals surface area contributed by atoms with Crippen molar-refractivity contribution in [3.63, 3.8) is 0 Å². The zero-order valence-electron chi connectivity index (χ0n) is 3.84. The molecule has 0 unspecified atom stereocenters. The van der Waals surface area contributed by atoms with E-state index in [4.69, 9.17) is 14.4 Å². The Labute approximate surface area is 59.3 Å². The van der Waals surface area contributed by atoms with E-state index in [2.05, 4.69) is 0 Å². The standard InChI is InChI=1S/CH6O3Si.Na/c1-5(2,3)4;/h2-4H,1H3;. The summed E-state index contributed by atoms with van der Waals surface area (Å²) in [5.74, 6) is 0. The first-order valence-electron chi connectivity index (χ1n) is 1.17. The van der Waals surface area contributed by atoms with Gasteiger partial charge in [-0.3, -0.25) is 0 Å². The van der Waals surface area contributed by atoms with Crippen LogP contribution in [0.2, 0.25) is 6.55 Å². The van der Waals surface area contributed by atoms with Gasteiger partial charge in [0, 0.05) is 36.1 Å². The van der Waals surface area contributed by atoms with Crippen molar-refractivity contribution >= 4 is 38.4 Å². The molecule has 0 heterocycles. The Kier molecular flexibility index (Phi) is 5.32. The molecule has 0 aromatic carbocycles. The summed E-state index contributed by atoms with van der Waals surface area (Å²) in [7, 11) is -3.61. The second kappa shape index (κ2) is 3.14. The molecule has 0 aliphatic heterocycles. The summed E-state index contributed by atoms with van der Waals surface area (Å²) < 4.78 is 0. The summed E-state index contributed by atoms with van der Waals surface area (Å²) >= 11 is 0. The van der Waals surface area contributed by atoms with E-state index in [9.17, 15) is 0 Å². The van der Waals surface area contributed by atoms with Gasteiger partial charge in [0.2, 0.25) is 0 Å². The van der Waals surface area contributed by atoms with Gasteiger partial charge in [0.15, 0.2) is 0 Å². The third-order valence-corrected chi connectivity index (χ3v) is 0. The molecule has 1 radical (unpaired) electrons. The zero-order valence-corrected chi connectivity index (χ0v) is 6.84. The van der Waals surface area contributed by atoms with E-state index in [0.29, 0.717) is 0 Å². The number of rotatable bonds is 0. The van der Waals surface area contributed by atoms with Gasteiger partial charge in [-0.05, 0) is 0 Å². The molecule has 3 N–H and O–H groups in total. The van der Waals surface area contributed by atoms with Crippen LogP contribution in [0.4, 0.5) is 0 Å². The molecule has 0 amide bonds. The van der Waals surface area contributed by atoms with Crippen molar-refractivity contribution in [2.24, 2.45) is 0 Å². The normalized spacial score (nSPS) is 10.0. The Morgan fingerprint density at radius 1 is 1.17 bits per heavy atom. The molecular weight excluding hydrogens is 111 g/mol. The van der Waals surface area contributed by atoms with Crippen molar-refractivity contribution in [1.82, 2.24) is 0 Å². The van der Waals surface area contributed by atoms with Gasteiger partial charge in [-0.1, -0.05) is 0 Å². The van der Waals surface area contributed by atoms with Crippen molar-refractivity contribution < 1.29 is 14.4 Å². The molecule has 0 fully saturated rings. The smallest absolute Gasteiger partial charge is 0.390 e. The molecule has 0 saturated heterocycles. The van der Waals surface area contributed by atoms with Crippen LogP contribution in [0, 0.1) is 0 Å². The molecule has 6 heavy (non-hydrogen) atoms. The van der Waals surface area contributed by atoms with Crippen LogP contribution >= 0.6 is 0 Å². The first kappa shape index (κ1) is 10.2. The predicted molar refractivity (Wildman–Crippen MR) is 24.0 cm³/mol. The van der Waals surface area contributed by atoms with E-state index in [0.717, 1.165) is 6.55 Å². The molecule has 0 aromatic heterocycles. The molecule has 3 nitrogen and oxygen atoms in total. The molecule has 33 valence electrons. The monoisotopic (exact) mass is 117 g/mol. The number of hydrogen-bond acceptors (Lipinski definition) is 3. The van der Waals surface area contributed by atoms with Gasteiger partial charge < -0.3 is 14.4 Å². The van der Waals surface area contributed by atoms with Gasteiger partial charge in [0.05, 0.1) is 0 Å². The van der Waals surface area contributed by atoms with Crippen LogP contribution < -0.4 is 0 Å². The second-order valence-corrected chi connectivity index (χ2v) is 2.91. The fraction of sp³-hybridized carbons (Fsp3) is 1.00. The number of hydrogen-bond donors (Lipinski definition) is 3. The molecular formula is CH6NaO3Si. The van der Waals surface area contributed by atoms with Crippen molar-refractivity contribution in [2.75, 3.05) is 0 Å². The van der Waals surface area contributed by atoms with E-state index in [-0.39, 0.29) is 29.6 Å². The quantitative estimate of drug-likeness (QED) is 0.326. The minimum atomic E-state index is -3.61. The average Bonchev–Trinajstić information content (AvgIpc) is 0.722. The van der Waals surface area contributed by atoms with Gasteiger partial charge in [-0.2, -0.15) is 0 Å². The minimum absolute atomic E-state index is 0. The maximum absolute atomic E-state index is 7.77. The van der Waals surface area contributed by atoms with Crippen molar-refractivity contribution in [2.45, 2.75) is 6.55 Å². The van der Waals surface area contributed by atoms with Gasteiger partial charge >= 0.3 is 8.80 Å². The molecule has 0 aromatic rings. The summed E-state index contributed by atoms with van der Waals surface area (Å²) in [6.07, 6.45) is 0. The maximum atomic E-state index is 7.77. The molecule has 0 aliphatic rings.